The Morgan fingerprint density at radius 1 is 1.38 bits per heavy atom. The lowest BCUT2D eigenvalue weighted by Gasteiger charge is -1.91. The van der Waals surface area contributed by atoms with Crippen LogP contribution in [0.2, 0.25) is 0 Å². The Kier molecular flexibility index (Phi) is 1.54. The molecule has 8 heavy (non-hydrogen) atoms. The number of hydrogen-bond donors (Lipinski definition) is 0. The van der Waals surface area contributed by atoms with Crippen LogP contribution in [0.5, 0.6) is 0 Å². The second-order valence-electron chi connectivity index (χ2n) is 1.80. The minimum atomic E-state index is 1.04. The molecule has 0 aliphatic rings. The van der Waals surface area contributed by atoms with Crippen LogP contribution < -0.4 is 10.5 Å². The first-order valence-corrected chi connectivity index (χ1v) is 4.55. The van der Waals surface area contributed by atoms with Gasteiger partial charge in [-0.1, -0.05) is 5.19 Å². The summed E-state index contributed by atoms with van der Waals surface area (Å²) in [5.74, 6) is 0. The summed E-state index contributed by atoms with van der Waals surface area (Å²) in [5.41, 5.74) is 0. The summed E-state index contributed by atoms with van der Waals surface area (Å²) in [7, 11) is 2.15. The van der Waals surface area contributed by atoms with Crippen molar-refractivity contribution in [2.75, 3.05) is 0 Å². The average molecular weight is 140 g/mol. The van der Waals surface area contributed by atoms with E-state index in [-0.39, 0.29) is 0 Å². The lowest BCUT2D eigenvalue weighted by molar-refractivity contribution is 1.07. The highest BCUT2D eigenvalue weighted by Crippen LogP contribution is 1.61. The van der Waals surface area contributed by atoms with Crippen molar-refractivity contribution in [3.8, 4) is 0 Å². The van der Waals surface area contributed by atoms with Crippen LogP contribution in [-0.4, -0.2) is 30.7 Å². The molecular formula is C4H8N2Si2. The summed E-state index contributed by atoms with van der Waals surface area (Å²) in [6.07, 6.45) is 1.75. The lowest BCUT2D eigenvalue weighted by atomic mass is 10.6. The van der Waals surface area contributed by atoms with Crippen molar-refractivity contribution in [3.05, 3.63) is 12.3 Å². The largest absolute Gasteiger partial charge is 0.162 e. The fourth-order valence-corrected chi connectivity index (χ4v) is 0.996. The van der Waals surface area contributed by atoms with Crippen LogP contribution in [0, 0.1) is 0 Å². The van der Waals surface area contributed by atoms with E-state index in [1.54, 1.807) is 6.20 Å². The second kappa shape index (κ2) is 2.19. The summed E-state index contributed by atoms with van der Waals surface area (Å²) in [4.78, 5) is 0. The van der Waals surface area contributed by atoms with Gasteiger partial charge in [-0.25, -0.2) is 0 Å². The van der Waals surface area contributed by atoms with Gasteiger partial charge in [0.25, 0.3) is 0 Å². The minimum Gasteiger partial charge on any atom is -0.162 e. The standard InChI is InChI=1S/C4H8N2Si2/c7-3-1-2-5-6-4(3)8/h1-2H,7-8H3. The van der Waals surface area contributed by atoms with Gasteiger partial charge in [-0.05, 0) is 6.07 Å². The van der Waals surface area contributed by atoms with Gasteiger partial charge in [0.2, 0.25) is 0 Å². The molecule has 0 bridgehead atoms. The Labute approximate surface area is 54.2 Å². The molecule has 2 nitrogen and oxygen atoms in total. The Hall–Kier alpha value is -0.486. The fourth-order valence-electron chi connectivity index (χ4n) is 0.465. The van der Waals surface area contributed by atoms with Crippen LogP contribution in [-0.2, 0) is 0 Å². The van der Waals surface area contributed by atoms with E-state index in [0.29, 0.717) is 0 Å². The molecule has 0 aliphatic carbocycles. The molecule has 0 spiro atoms. The highest BCUT2D eigenvalue weighted by Gasteiger charge is 1.86. The van der Waals surface area contributed by atoms with Crippen LogP contribution in [0.4, 0.5) is 0 Å². The minimum absolute atomic E-state index is 1.04. The van der Waals surface area contributed by atoms with E-state index in [4.69, 9.17) is 0 Å². The van der Waals surface area contributed by atoms with E-state index in [2.05, 4.69) is 10.2 Å². The van der Waals surface area contributed by atoms with E-state index in [9.17, 15) is 0 Å². The van der Waals surface area contributed by atoms with Gasteiger partial charge in [0.05, 0.1) is 10.2 Å². The molecule has 1 heterocycles. The van der Waals surface area contributed by atoms with E-state index in [1.165, 1.54) is 10.5 Å². The molecule has 1 rings (SSSR count). The highest BCUT2D eigenvalue weighted by molar-refractivity contribution is 6.47. The van der Waals surface area contributed by atoms with Crippen molar-refractivity contribution < 1.29 is 0 Å². The Morgan fingerprint density at radius 3 is 2.50 bits per heavy atom. The van der Waals surface area contributed by atoms with Crippen LogP contribution in [0.1, 0.15) is 0 Å². The van der Waals surface area contributed by atoms with Crippen molar-refractivity contribution in [2.24, 2.45) is 0 Å². The number of nitrogens with zero attached hydrogens (tertiary/aromatic N) is 2. The molecule has 0 unspecified atom stereocenters. The van der Waals surface area contributed by atoms with Crippen molar-refractivity contribution >= 4 is 31.0 Å². The summed E-state index contributed by atoms with van der Waals surface area (Å²) in [6, 6.07) is 2.04. The van der Waals surface area contributed by atoms with Gasteiger partial charge in [-0.3, -0.25) is 0 Å². The molecule has 1 aromatic rings. The molecule has 42 valence electrons. The molecule has 0 aliphatic heterocycles. The lowest BCUT2D eigenvalue weighted by Crippen LogP contribution is -2.28. The number of aromatic nitrogens is 2. The molecule has 0 saturated carbocycles. The predicted molar refractivity (Wildman–Crippen MR) is 41.2 cm³/mol. The Bertz CT molecular complexity index is 168. The van der Waals surface area contributed by atoms with Gasteiger partial charge >= 0.3 is 0 Å². The first kappa shape index (κ1) is 5.65. The van der Waals surface area contributed by atoms with Crippen LogP contribution >= 0.6 is 0 Å². The molecule has 0 N–H and O–H groups in total. The number of hydrogen-bond acceptors (Lipinski definition) is 2. The van der Waals surface area contributed by atoms with E-state index in [1.807, 2.05) is 6.07 Å². The predicted octanol–water partition coefficient (Wildman–Crippen LogP) is -3.54. The van der Waals surface area contributed by atoms with Crippen molar-refractivity contribution in [1.82, 2.24) is 10.2 Å². The van der Waals surface area contributed by atoms with Crippen molar-refractivity contribution in [2.45, 2.75) is 0 Å². The Morgan fingerprint density at radius 2 is 2.12 bits per heavy atom. The van der Waals surface area contributed by atoms with Crippen molar-refractivity contribution in [1.29, 1.82) is 0 Å². The van der Waals surface area contributed by atoms with Gasteiger partial charge in [-0.2, -0.15) is 10.2 Å². The quantitative estimate of drug-likeness (QED) is 0.349. The summed E-state index contributed by atoms with van der Waals surface area (Å²) < 4.78 is 0. The van der Waals surface area contributed by atoms with Crippen LogP contribution in [0.25, 0.3) is 0 Å². The first-order valence-electron chi connectivity index (χ1n) is 2.55. The molecule has 1 aromatic heterocycles. The van der Waals surface area contributed by atoms with Crippen LogP contribution in [0.15, 0.2) is 12.3 Å². The van der Waals surface area contributed by atoms with Gasteiger partial charge in [-0.15, -0.1) is 0 Å². The summed E-state index contributed by atoms with van der Waals surface area (Å²) in [6.45, 7) is 0. The first-order chi connectivity index (χ1) is 3.80. The molecule has 0 atom stereocenters. The SMILES string of the molecule is [SiH3]c1ccnnc1[SiH3]. The third-order valence-electron chi connectivity index (χ3n) is 1.17. The maximum absolute atomic E-state index is 3.93. The molecule has 0 saturated heterocycles. The monoisotopic (exact) mass is 140 g/mol. The van der Waals surface area contributed by atoms with Crippen LogP contribution in [0.3, 0.4) is 0 Å². The summed E-state index contributed by atoms with van der Waals surface area (Å²) >= 11 is 0. The fraction of sp³-hybridized carbons (Fsp3) is 0. The summed E-state index contributed by atoms with van der Waals surface area (Å²) in [5, 5.41) is 10.3. The topological polar surface area (TPSA) is 25.8 Å². The highest BCUT2D eigenvalue weighted by atomic mass is 28.2. The van der Waals surface area contributed by atoms with Gasteiger partial charge in [0.1, 0.15) is 0 Å². The third kappa shape index (κ3) is 1.02. The average Bonchev–Trinajstić information content (AvgIpc) is 1.77. The zero-order valence-electron chi connectivity index (χ0n) is 5.05. The smallest absolute Gasteiger partial charge is 0.0645 e. The molecular weight excluding hydrogens is 132 g/mol. The van der Waals surface area contributed by atoms with E-state index < -0.39 is 0 Å². The molecule has 0 aromatic carbocycles. The maximum Gasteiger partial charge on any atom is 0.0645 e. The number of rotatable bonds is 0. The van der Waals surface area contributed by atoms with E-state index in [0.717, 1.165) is 20.5 Å². The zero-order chi connectivity index (χ0) is 5.98. The molecule has 0 fully saturated rings. The van der Waals surface area contributed by atoms with Gasteiger partial charge in [0.15, 0.2) is 0 Å². The normalized spacial score (nSPS) is 10.0. The molecule has 4 heteroatoms. The molecule has 0 amide bonds. The van der Waals surface area contributed by atoms with E-state index >= 15 is 0 Å². The Balaban J connectivity index is 3.13. The van der Waals surface area contributed by atoms with Gasteiger partial charge in [0, 0.05) is 21.8 Å². The zero-order valence-corrected chi connectivity index (χ0v) is 9.05. The van der Waals surface area contributed by atoms with Crippen molar-refractivity contribution in [3.63, 3.8) is 0 Å². The maximum atomic E-state index is 3.93. The van der Waals surface area contributed by atoms with Gasteiger partial charge < -0.3 is 0 Å². The second-order valence-corrected chi connectivity index (χ2v) is 3.82. The third-order valence-corrected chi connectivity index (χ3v) is 4.22. The molecule has 0 radical (unpaired) electrons.